The highest BCUT2D eigenvalue weighted by Crippen LogP contribution is 2.18. The maximum Gasteiger partial charge on any atom is 0.280 e. The molecule has 0 aliphatic heterocycles. The number of nitrogens with one attached hydrogen (secondary N) is 2. The number of thioether (sulfide) groups is 1. The Bertz CT molecular complexity index is 559. The maximum atomic E-state index is 11.3. The first kappa shape index (κ1) is 13.2. The Balaban J connectivity index is 1.82. The topological polar surface area (TPSA) is 57.8 Å². The Kier molecular flexibility index (Phi) is 4.83. The molecule has 2 aromatic rings. The molecule has 0 saturated carbocycles. The van der Waals surface area contributed by atoms with Gasteiger partial charge in [-0.3, -0.25) is 4.79 Å². The molecule has 1 aromatic carbocycles. The van der Waals surface area contributed by atoms with Crippen molar-refractivity contribution < 1.29 is 0 Å². The molecule has 0 amide bonds. The smallest absolute Gasteiger partial charge is 0.280 e. The van der Waals surface area contributed by atoms with Crippen molar-refractivity contribution in [2.75, 3.05) is 17.6 Å². The molecule has 0 radical (unpaired) electrons. The van der Waals surface area contributed by atoms with Gasteiger partial charge in [0.2, 0.25) is 0 Å². The van der Waals surface area contributed by atoms with Crippen LogP contribution in [0.1, 0.15) is 0 Å². The monoisotopic (exact) mass is 325 g/mol. The summed E-state index contributed by atoms with van der Waals surface area (Å²) in [6, 6.07) is 10.2. The first-order valence-electron chi connectivity index (χ1n) is 5.42. The third-order valence-corrected chi connectivity index (χ3v) is 4.03. The standard InChI is InChI=1S/C12H12BrN3OS/c13-11-10(8-15-16-12(11)17)14-6-7-18-9-4-2-1-3-5-9/h1-5,8H,6-7H2,(H2,14,16,17). The molecule has 2 N–H and O–H groups in total. The summed E-state index contributed by atoms with van der Waals surface area (Å²) in [6.45, 7) is 0.767. The van der Waals surface area contributed by atoms with E-state index in [0.717, 1.165) is 12.3 Å². The van der Waals surface area contributed by atoms with E-state index in [1.54, 1.807) is 18.0 Å². The lowest BCUT2D eigenvalue weighted by molar-refractivity contribution is 0.975. The number of anilines is 1. The number of benzene rings is 1. The molecule has 1 aromatic heterocycles. The minimum absolute atomic E-state index is 0.226. The van der Waals surface area contributed by atoms with E-state index in [-0.39, 0.29) is 5.56 Å². The highest BCUT2D eigenvalue weighted by molar-refractivity contribution is 9.10. The normalized spacial score (nSPS) is 10.3. The van der Waals surface area contributed by atoms with Gasteiger partial charge in [0.05, 0.1) is 11.9 Å². The molecule has 1 heterocycles. The van der Waals surface area contributed by atoms with Gasteiger partial charge in [-0.15, -0.1) is 11.8 Å². The molecule has 0 unspecified atom stereocenters. The van der Waals surface area contributed by atoms with Crippen LogP contribution in [0.15, 0.2) is 50.7 Å². The highest BCUT2D eigenvalue weighted by atomic mass is 79.9. The summed E-state index contributed by atoms with van der Waals surface area (Å²) in [4.78, 5) is 12.5. The second-order valence-corrected chi connectivity index (χ2v) is 5.48. The average molecular weight is 326 g/mol. The summed E-state index contributed by atoms with van der Waals surface area (Å²) in [5.41, 5.74) is 0.489. The zero-order valence-corrected chi connectivity index (χ0v) is 11.9. The van der Waals surface area contributed by atoms with E-state index in [1.165, 1.54) is 4.90 Å². The highest BCUT2D eigenvalue weighted by Gasteiger charge is 2.03. The van der Waals surface area contributed by atoms with Gasteiger partial charge >= 0.3 is 0 Å². The lowest BCUT2D eigenvalue weighted by atomic mass is 10.4. The lowest BCUT2D eigenvalue weighted by Crippen LogP contribution is -2.13. The van der Waals surface area contributed by atoms with Crippen LogP contribution in [0.25, 0.3) is 0 Å². The van der Waals surface area contributed by atoms with Gasteiger partial charge in [0.1, 0.15) is 4.47 Å². The van der Waals surface area contributed by atoms with Gasteiger partial charge in [-0.05, 0) is 28.1 Å². The van der Waals surface area contributed by atoms with Crippen molar-refractivity contribution in [2.24, 2.45) is 0 Å². The van der Waals surface area contributed by atoms with Crippen molar-refractivity contribution in [3.8, 4) is 0 Å². The zero-order chi connectivity index (χ0) is 12.8. The van der Waals surface area contributed by atoms with Gasteiger partial charge in [-0.2, -0.15) is 5.10 Å². The van der Waals surface area contributed by atoms with Crippen molar-refractivity contribution in [1.82, 2.24) is 10.2 Å². The minimum Gasteiger partial charge on any atom is -0.382 e. The van der Waals surface area contributed by atoms with Gasteiger partial charge in [0, 0.05) is 17.2 Å². The molecule has 0 atom stereocenters. The van der Waals surface area contributed by atoms with Crippen LogP contribution in [0.2, 0.25) is 0 Å². The first-order valence-corrected chi connectivity index (χ1v) is 7.20. The van der Waals surface area contributed by atoms with Gasteiger partial charge < -0.3 is 5.32 Å². The van der Waals surface area contributed by atoms with Crippen molar-refractivity contribution in [2.45, 2.75) is 4.90 Å². The van der Waals surface area contributed by atoms with Crippen LogP contribution in [0.3, 0.4) is 0 Å². The van der Waals surface area contributed by atoms with Crippen molar-refractivity contribution >= 4 is 33.4 Å². The second-order valence-electron chi connectivity index (χ2n) is 3.52. The van der Waals surface area contributed by atoms with Gasteiger partial charge in [-0.1, -0.05) is 18.2 Å². The van der Waals surface area contributed by atoms with Crippen LogP contribution >= 0.6 is 27.7 Å². The molecule has 0 bridgehead atoms. The van der Waals surface area contributed by atoms with E-state index in [9.17, 15) is 4.79 Å². The van der Waals surface area contributed by atoms with Crippen molar-refractivity contribution in [1.29, 1.82) is 0 Å². The first-order chi connectivity index (χ1) is 8.77. The fourth-order valence-corrected chi connectivity index (χ4v) is 2.50. The van der Waals surface area contributed by atoms with Gasteiger partial charge in [0.15, 0.2) is 0 Å². The second kappa shape index (κ2) is 6.61. The number of halogens is 1. The molecule has 94 valence electrons. The van der Waals surface area contributed by atoms with E-state index in [1.807, 2.05) is 18.2 Å². The Morgan fingerprint density at radius 2 is 2.11 bits per heavy atom. The van der Waals surface area contributed by atoms with E-state index in [2.05, 4.69) is 43.6 Å². The van der Waals surface area contributed by atoms with Crippen molar-refractivity contribution in [3.63, 3.8) is 0 Å². The Morgan fingerprint density at radius 3 is 2.89 bits per heavy atom. The number of hydrogen-bond donors (Lipinski definition) is 2. The SMILES string of the molecule is O=c1[nH]ncc(NCCSc2ccccc2)c1Br. The van der Waals surface area contributed by atoms with E-state index in [0.29, 0.717) is 10.2 Å². The lowest BCUT2D eigenvalue weighted by Gasteiger charge is -2.06. The third kappa shape index (κ3) is 3.61. The third-order valence-electron chi connectivity index (χ3n) is 2.23. The number of aromatic amines is 1. The number of nitrogens with zero attached hydrogens (tertiary/aromatic N) is 1. The molecule has 4 nitrogen and oxygen atoms in total. The quantitative estimate of drug-likeness (QED) is 0.655. The summed E-state index contributed by atoms with van der Waals surface area (Å²) < 4.78 is 0.488. The molecule has 0 saturated heterocycles. The van der Waals surface area contributed by atoms with Crippen molar-refractivity contribution in [3.05, 3.63) is 51.4 Å². The predicted molar refractivity (Wildman–Crippen MR) is 78.2 cm³/mol. The Morgan fingerprint density at radius 1 is 1.33 bits per heavy atom. The summed E-state index contributed by atoms with van der Waals surface area (Å²) in [5.74, 6) is 0.920. The molecular weight excluding hydrogens is 314 g/mol. The van der Waals surface area contributed by atoms with Crippen LogP contribution in [-0.2, 0) is 0 Å². The maximum absolute atomic E-state index is 11.3. The summed E-state index contributed by atoms with van der Waals surface area (Å²) in [6.07, 6.45) is 1.60. The molecule has 0 aliphatic carbocycles. The molecule has 0 aliphatic rings. The van der Waals surface area contributed by atoms with Crippen LogP contribution in [0.5, 0.6) is 0 Å². The van der Waals surface area contributed by atoms with Crippen LogP contribution in [-0.4, -0.2) is 22.5 Å². The summed E-state index contributed by atoms with van der Waals surface area (Å²) in [7, 11) is 0. The zero-order valence-electron chi connectivity index (χ0n) is 9.52. The van der Waals surface area contributed by atoms with E-state index >= 15 is 0 Å². The van der Waals surface area contributed by atoms with Crippen LogP contribution < -0.4 is 10.9 Å². The number of hydrogen-bond acceptors (Lipinski definition) is 4. The number of rotatable bonds is 5. The van der Waals surface area contributed by atoms with E-state index < -0.39 is 0 Å². The predicted octanol–water partition coefficient (Wildman–Crippen LogP) is 2.74. The molecule has 0 spiro atoms. The summed E-state index contributed by atoms with van der Waals surface area (Å²) in [5, 5.41) is 9.28. The molecule has 6 heteroatoms. The van der Waals surface area contributed by atoms with Gasteiger partial charge in [-0.25, -0.2) is 5.10 Å². The fraction of sp³-hybridized carbons (Fsp3) is 0.167. The van der Waals surface area contributed by atoms with Crippen LogP contribution in [0, 0.1) is 0 Å². The van der Waals surface area contributed by atoms with E-state index in [4.69, 9.17) is 0 Å². The number of H-pyrrole nitrogens is 1. The average Bonchev–Trinajstić information content (AvgIpc) is 2.40. The molecule has 18 heavy (non-hydrogen) atoms. The van der Waals surface area contributed by atoms with Crippen LogP contribution in [0.4, 0.5) is 5.69 Å². The Labute approximate surface area is 117 Å². The number of aromatic nitrogens is 2. The molecule has 2 rings (SSSR count). The summed E-state index contributed by atoms with van der Waals surface area (Å²) >= 11 is 4.99. The minimum atomic E-state index is -0.226. The Hall–Kier alpha value is -1.27. The molecule has 0 fully saturated rings. The largest absolute Gasteiger partial charge is 0.382 e. The van der Waals surface area contributed by atoms with Gasteiger partial charge in [0.25, 0.3) is 5.56 Å². The fourth-order valence-electron chi connectivity index (χ4n) is 1.38. The molecular formula is C12H12BrN3OS.